The molecule has 1 aliphatic heterocycles. The van der Waals surface area contributed by atoms with E-state index in [1.165, 1.54) is 0 Å². The summed E-state index contributed by atoms with van der Waals surface area (Å²) in [6, 6.07) is 0.185. The van der Waals surface area contributed by atoms with E-state index in [1.807, 2.05) is 0 Å². The number of rotatable bonds is 3. The first kappa shape index (κ1) is 8.24. The molecule has 11 heavy (non-hydrogen) atoms. The number of amides is 1. The van der Waals surface area contributed by atoms with Gasteiger partial charge in [-0.1, -0.05) is 0 Å². The zero-order chi connectivity index (χ0) is 8.27. The maximum Gasteiger partial charge on any atom is 0.209 e. The van der Waals surface area contributed by atoms with Crippen molar-refractivity contribution in [3.63, 3.8) is 0 Å². The second-order valence-electron chi connectivity index (χ2n) is 3.05. The lowest BCUT2D eigenvalue weighted by atomic mass is 10.1. The molecule has 1 fully saturated rings. The summed E-state index contributed by atoms with van der Waals surface area (Å²) in [6.07, 6.45) is 3.40. The van der Waals surface area contributed by atoms with Crippen LogP contribution in [-0.4, -0.2) is 29.7 Å². The Morgan fingerprint density at radius 2 is 2.45 bits per heavy atom. The average Bonchev–Trinajstić information content (AvgIpc) is 2.34. The highest BCUT2D eigenvalue weighted by molar-refractivity contribution is 5.76. The smallest absolute Gasteiger partial charge is 0.209 e. The highest BCUT2D eigenvalue weighted by atomic mass is 16.1. The number of hydrogen-bond acceptors (Lipinski definition) is 2. The Morgan fingerprint density at radius 1 is 1.73 bits per heavy atom. The van der Waals surface area contributed by atoms with Gasteiger partial charge in [-0.15, -0.1) is 0 Å². The summed E-state index contributed by atoms with van der Waals surface area (Å²) in [6.45, 7) is 2.39. The first-order chi connectivity index (χ1) is 5.24. The van der Waals surface area contributed by atoms with Crippen LogP contribution < -0.4 is 0 Å². The summed E-state index contributed by atoms with van der Waals surface area (Å²) < 4.78 is 0. The van der Waals surface area contributed by atoms with Gasteiger partial charge in [0.15, 0.2) is 0 Å². The molecule has 1 amide bonds. The van der Waals surface area contributed by atoms with Crippen LogP contribution in [0.25, 0.3) is 0 Å². The predicted molar refractivity (Wildman–Crippen MR) is 41.1 cm³/mol. The number of nitrogens with zero attached hydrogens (tertiary/aromatic N) is 1. The van der Waals surface area contributed by atoms with Gasteiger partial charge in [-0.05, 0) is 19.8 Å². The van der Waals surface area contributed by atoms with Gasteiger partial charge in [0, 0.05) is 19.0 Å². The van der Waals surface area contributed by atoms with Crippen molar-refractivity contribution in [3.05, 3.63) is 0 Å². The molecule has 0 aromatic heterocycles. The highest BCUT2D eigenvalue weighted by Gasteiger charge is 2.23. The molecule has 1 atom stereocenters. The normalized spacial score (nSPS) is 23.7. The fourth-order valence-electron chi connectivity index (χ4n) is 1.55. The largest absolute Gasteiger partial charge is 0.342 e. The van der Waals surface area contributed by atoms with Gasteiger partial charge >= 0.3 is 0 Å². The van der Waals surface area contributed by atoms with Crippen molar-refractivity contribution in [1.82, 2.24) is 4.90 Å². The van der Waals surface area contributed by atoms with E-state index < -0.39 is 0 Å². The Bertz CT molecular complexity index is 167. The van der Waals surface area contributed by atoms with Crippen molar-refractivity contribution in [2.75, 3.05) is 6.54 Å². The first-order valence-electron chi connectivity index (χ1n) is 3.94. The minimum absolute atomic E-state index is 0.170. The van der Waals surface area contributed by atoms with Crippen molar-refractivity contribution in [1.29, 1.82) is 0 Å². The summed E-state index contributed by atoms with van der Waals surface area (Å²) in [5, 5.41) is 0. The molecule has 62 valence electrons. The summed E-state index contributed by atoms with van der Waals surface area (Å²) in [5.41, 5.74) is 0. The van der Waals surface area contributed by atoms with E-state index in [0.29, 0.717) is 6.42 Å². The zero-order valence-corrected chi connectivity index (χ0v) is 6.75. The van der Waals surface area contributed by atoms with E-state index in [0.717, 1.165) is 25.8 Å². The van der Waals surface area contributed by atoms with Gasteiger partial charge in [-0.2, -0.15) is 0 Å². The van der Waals surface area contributed by atoms with Gasteiger partial charge in [0.2, 0.25) is 6.41 Å². The summed E-state index contributed by atoms with van der Waals surface area (Å²) in [5.74, 6) is 0.170. The fraction of sp³-hybridized carbons (Fsp3) is 0.750. The van der Waals surface area contributed by atoms with E-state index in [2.05, 4.69) is 0 Å². The summed E-state index contributed by atoms with van der Waals surface area (Å²) in [7, 11) is 0. The van der Waals surface area contributed by atoms with E-state index in [4.69, 9.17) is 0 Å². The molecule has 0 radical (unpaired) electrons. The average molecular weight is 155 g/mol. The topological polar surface area (TPSA) is 37.4 Å². The molecule has 1 unspecified atom stereocenters. The van der Waals surface area contributed by atoms with E-state index in [-0.39, 0.29) is 11.8 Å². The predicted octanol–water partition coefficient (Wildman–Crippen LogP) is 0.586. The molecule has 0 saturated carbocycles. The Kier molecular flexibility index (Phi) is 2.63. The second-order valence-corrected chi connectivity index (χ2v) is 3.05. The van der Waals surface area contributed by atoms with Crippen molar-refractivity contribution in [2.45, 2.75) is 32.2 Å². The van der Waals surface area contributed by atoms with Gasteiger partial charge in [0.1, 0.15) is 5.78 Å². The second kappa shape index (κ2) is 3.51. The number of ketones is 1. The van der Waals surface area contributed by atoms with E-state index in [1.54, 1.807) is 11.8 Å². The Morgan fingerprint density at radius 3 is 3.00 bits per heavy atom. The number of carbonyl (C=O) groups excluding carboxylic acids is 2. The molecular formula is C8H13NO2. The molecule has 0 aromatic carbocycles. The van der Waals surface area contributed by atoms with Crippen molar-refractivity contribution >= 4 is 12.2 Å². The number of carbonyl (C=O) groups is 2. The molecule has 0 aliphatic carbocycles. The molecule has 1 rings (SSSR count). The molecule has 1 heterocycles. The SMILES string of the molecule is CC(=O)CC1CCCN1C=O. The van der Waals surface area contributed by atoms with Crippen LogP contribution in [-0.2, 0) is 9.59 Å². The third kappa shape index (κ3) is 2.03. The summed E-state index contributed by atoms with van der Waals surface area (Å²) >= 11 is 0. The lowest BCUT2D eigenvalue weighted by Crippen LogP contribution is -2.29. The van der Waals surface area contributed by atoms with Crippen LogP contribution >= 0.6 is 0 Å². The number of Topliss-reactive ketones (excluding diaryl/α,β-unsaturated/α-hetero) is 1. The van der Waals surface area contributed by atoms with Crippen LogP contribution in [0.5, 0.6) is 0 Å². The third-order valence-electron chi connectivity index (χ3n) is 2.08. The molecule has 3 nitrogen and oxygen atoms in total. The number of hydrogen-bond donors (Lipinski definition) is 0. The molecular weight excluding hydrogens is 142 g/mol. The highest BCUT2D eigenvalue weighted by Crippen LogP contribution is 2.17. The maximum absolute atomic E-state index is 10.7. The molecule has 0 spiro atoms. The van der Waals surface area contributed by atoms with Gasteiger partial charge in [-0.3, -0.25) is 9.59 Å². The minimum atomic E-state index is 0.170. The zero-order valence-electron chi connectivity index (χ0n) is 6.75. The quantitative estimate of drug-likeness (QED) is 0.559. The lowest BCUT2D eigenvalue weighted by molar-refractivity contribution is -0.121. The van der Waals surface area contributed by atoms with Gasteiger partial charge in [0.25, 0.3) is 0 Å². The van der Waals surface area contributed by atoms with Gasteiger partial charge < -0.3 is 4.90 Å². The summed E-state index contributed by atoms with van der Waals surface area (Å²) in [4.78, 5) is 22.9. The molecule has 0 bridgehead atoms. The van der Waals surface area contributed by atoms with Crippen molar-refractivity contribution < 1.29 is 9.59 Å². The number of likely N-dealkylation sites (tertiary alicyclic amines) is 1. The lowest BCUT2D eigenvalue weighted by Gasteiger charge is -2.17. The van der Waals surface area contributed by atoms with Crippen LogP contribution in [0.1, 0.15) is 26.2 Å². The van der Waals surface area contributed by atoms with Crippen LogP contribution in [0.2, 0.25) is 0 Å². The van der Waals surface area contributed by atoms with Crippen LogP contribution in [0, 0.1) is 0 Å². The Balaban J connectivity index is 2.43. The molecule has 0 N–H and O–H groups in total. The molecule has 1 saturated heterocycles. The Hall–Kier alpha value is -0.860. The van der Waals surface area contributed by atoms with E-state index >= 15 is 0 Å². The van der Waals surface area contributed by atoms with Gasteiger partial charge in [0.05, 0.1) is 0 Å². The third-order valence-corrected chi connectivity index (χ3v) is 2.08. The molecule has 1 aliphatic rings. The maximum atomic E-state index is 10.7. The Labute approximate surface area is 66.4 Å². The van der Waals surface area contributed by atoms with Crippen LogP contribution in [0.3, 0.4) is 0 Å². The molecule has 0 aromatic rings. The van der Waals surface area contributed by atoms with Gasteiger partial charge in [-0.25, -0.2) is 0 Å². The van der Waals surface area contributed by atoms with Crippen molar-refractivity contribution in [2.24, 2.45) is 0 Å². The standard InChI is InChI=1S/C8H13NO2/c1-7(11)5-8-3-2-4-9(8)6-10/h6,8H,2-5H2,1H3. The molecule has 3 heteroatoms. The van der Waals surface area contributed by atoms with Crippen molar-refractivity contribution in [3.8, 4) is 0 Å². The minimum Gasteiger partial charge on any atom is -0.342 e. The fourth-order valence-corrected chi connectivity index (χ4v) is 1.55. The van der Waals surface area contributed by atoms with E-state index in [9.17, 15) is 9.59 Å². The van der Waals surface area contributed by atoms with Crippen LogP contribution in [0.15, 0.2) is 0 Å². The van der Waals surface area contributed by atoms with Crippen LogP contribution in [0.4, 0.5) is 0 Å². The first-order valence-corrected chi connectivity index (χ1v) is 3.94. The monoisotopic (exact) mass is 155 g/mol.